The molecule has 1 aliphatic rings. The van der Waals surface area contributed by atoms with E-state index in [2.05, 4.69) is 60.8 Å². The monoisotopic (exact) mass is 253 g/mol. The summed E-state index contributed by atoms with van der Waals surface area (Å²) in [5.41, 5.74) is 5.60. The molecule has 1 heteroatoms. The third kappa shape index (κ3) is 3.05. The largest absolute Gasteiger partial charge is 0.306 e. The zero-order valence-electron chi connectivity index (χ0n) is 12.1. The molecule has 0 aliphatic carbocycles. The molecule has 100 valence electrons. The van der Waals surface area contributed by atoms with Crippen LogP contribution in [0.1, 0.15) is 42.1 Å². The van der Waals surface area contributed by atoms with Crippen LogP contribution in [0.15, 0.2) is 48.5 Å². The summed E-state index contributed by atoms with van der Waals surface area (Å²) in [7, 11) is 0. The summed E-state index contributed by atoms with van der Waals surface area (Å²) in [5.74, 6) is 0. The molecular formula is C18H23N. The molecule has 0 aromatic heterocycles. The van der Waals surface area contributed by atoms with E-state index in [0.717, 1.165) is 13.0 Å². The molecule has 0 saturated heterocycles. The first-order valence-corrected chi connectivity index (χ1v) is 7.22. The van der Waals surface area contributed by atoms with Crippen molar-refractivity contribution in [3.8, 4) is 0 Å². The second-order valence-electron chi connectivity index (χ2n) is 4.75. The quantitative estimate of drug-likeness (QED) is 0.801. The minimum Gasteiger partial charge on any atom is -0.306 e. The van der Waals surface area contributed by atoms with Crippen molar-refractivity contribution in [2.75, 3.05) is 6.54 Å². The predicted octanol–water partition coefficient (Wildman–Crippen LogP) is 4.26. The van der Waals surface area contributed by atoms with Crippen LogP contribution in [0.3, 0.4) is 0 Å². The topological polar surface area (TPSA) is 12.0 Å². The number of rotatable bonds is 1. The van der Waals surface area contributed by atoms with Crippen LogP contribution >= 0.6 is 0 Å². The molecule has 0 amide bonds. The standard InChI is InChI=1S/C16H17N.C2H6/c1-12-6-8-14(9-7-12)16-15-5-3-2-4-13(15)10-11-17-16;1-2/h2-9,16-17H,10-11H2,1H3;1-2H3. The number of nitrogens with one attached hydrogen (secondary N) is 1. The lowest BCUT2D eigenvalue weighted by atomic mass is 9.90. The second-order valence-corrected chi connectivity index (χ2v) is 4.75. The van der Waals surface area contributed by atoms with Gasteiger partial charge in [-0.05, 0) is 30.0 Å². The Balaban J connectivity index is 0.000000637. The van der Waals surface area contributed by atoms with Crippen molar-refractivity contribution < 1.29 is 0 Å². The van der Waals surface area contributed by atoms with E-state index >= 15 is 0 Å². The van der Waals surface area contributed by atoms with Gasteiger partial charge in [-0.15, -0.1) is 0 Å². The molecule has 1 unspecified atom stereocenters. The maximum atomic E-state index is 3.61. The third-order valence-corrected chi connectivity index (χ3v) is 3.52. The minimum absolute atomic E-state index is 0.362. The van der Waals surface area contributed by atoms with Gasteiger partial charge in [0.1, 0.15) is 0 Å². The van der Waals surface area contributed by atoms with Gasteiger partial charge in [-0.3, -0.25) is 0 Å². The fourth-order valence-electron chi connectivity index (χ4n) is 2.56. The number of fused-ring (bicyclic) bond motifs is 1. The van der Waals surface area contributed by atoms with Crippen molar-refractivity contribution >= 4 is 0 Å². The number of aryl methyl sites for hydroxylation is 1. The molecular weight excluding hydrogens is 230 g/mol. The molecule has 2 aromatic rings. The summed E-state index contributed by atoms with van der Waals surface area (Å²) in [6, 6.07) is 18.0. The van der Waals surface area contributed by atoms with Crippen LogP contribution in [0, 0.1) is 6.92 Å². The lowest BCUT2D eigenvalue weighted by Crippen LogP contribution is -2.30. The summed E-state index contributed by atoms with van der Waals surface area (Å²) in [6.45, 7) is 7.20. The number of hydrogen-bond acceptors (Lipinski definition) is 1. The zero-order valence-corrected chi connectivity index (χ0v) is 12.1. The predicted molar refractivity (Wildman–Crippen MR) is 82.5 cm³/mol. The summed E-state index contributed by atoms with van der Waals surface area (Å²) in [4.78, 5) is 0. The van der Waals surface area contributed by atoms with Crippen LogP contribution < -0.4 is 5.32 Å². The average Bonchev–Trinajstić information content (AvgIpc) is 2.50. The first kappa shape index (κ1) is 13.8. The van der Waals surface area contributed by atoms with Gasteiger partial charge in [-0.1, -0.05) is 67.9 Å². The molecule has 19 heavy (non-hydrogen) atoms. The molecule has 0 bridgehead atoms. The van der Waals surface area contributed by atoms with Gasteiger partial charge >= 0.3 is 0 Å². The molecule has 0 spiro atoms. The Morgan fingerprint density at radius 2 is 1.63 bits per heavy atom. The van der Waals surface area contributed by atoms with Crippen molar-refractivity contribution in [2.24, 2.45) is 0 Å². The lowest BCUT2D eigenvalue weighted by Gasteiger charge is -2.27. The average molecular weight is 253 g/mol. The highest BCUT2D eigenvalue weighted by molar-refractivity contribution is 5.40. The highest BCUT2D eigenvalue weighted by atomic mass is 14.9. The van der Waals surface area contributed by atoms with E-state index in [0.29, 0.717) is 6.04 Å². The number of benzene rings is 2. The first-order chi connectivity index (χ1) is 9.34. The van der Waals surface area contributed by atoms with Crippen molar-refractivity contribution in [3.63, 3.8) is 0 Å². The Hall–Kier alpha value is -1.60. The normalized spacial score (nSPS) is 17.1. The molecule has 0 fully saturated rings. The molecule has 0 saturated carbocycles. The molecule has 0 radical (unpaired) electrons. The van der Waals surface area contributed by atoms with E-state index in [1.807, 2.05) is 13.8 Å². The molecule has 1 N–H and O–H groups in total. The SMILES string of the molecule is CC.Cc1ccc(C2NCCc3ccccc32)cc1. The van der Waals surface area contributed by atoms with Crippen LogP contribution in [0.5, 0.6) is 0 Å². The Labute approximate surface area is 116 Å². The summed E-state index contributed by atoms with van der Waals surface area (Å²) in [6.07, 6.45) is 1.14. The molecule has 1 atom stereocenters. The third-order valence-electron chi connectivity index (χ3n) is 3.52. The summed E-state index contributed by atoms with van der Waals surface area (Å²) < 4.78 is 0. The molecule has 1 aliphatic heterocycles. The first-order valence-electron chi connectivity index (χ1n) is 7.22. The molecule has 3 rings (SSSR count). The van der Waals surface area contributed by atoms with Crippen LogP contribution in [0.25, 0.3) is 0 Å². The van der Waals surface area contributed by atoms with Gasteiger partial charge in [-0.25, -0.2) is 0 Å². The fraction of sp³-hybridized carbons (Fsp3) is 0.333. The minimum atomic E-state index is 0.362. The Morgan fingerprint density at radius 3 is 2.37 bits per heavy atom. The van der Waals surface area contributed by atoms with Gasteiger partial charge in [0, 0.05) is 6.54 Å². The lowest BCUT2D eigenvalue weighted by molar-refractivity contribution is 0.568. The van der Waals surface area contributed by atoms with Crippen LogP contribution in [0.2, 0.25) is 0 Å². The molecule has 2 aromatic carbocycles. The van der Waals surface area contributed by atoms with Crippen LogP contribution in [-0.2, 0) is 6.42 Å². The van der Waals surface area contributed by atoms with Gasteiger partial charge in [0.2, 0.25) is 0 Å². The van der Waals surface area contributed by atoms with E-state index < -0.39 is 0 Å². The fourth-order valence-corrected chi connectivity index (χ4v) is 2.56. The number of hydrogen-bond donors (Lipinski definition) is 1. The van der Waals surface area contributed by atoms with E-state index in [-0.39, 0.29) is 0 Å². The van der Waals surface area contributed by atoms with E-state index in [1.165, 1.54) is 22.3 Å². The van der Waals surface area contributed by atoms with Crippen molar-refractivity contribution in [3.05, 3.63) is 70.8 Å². The smallest absolute Gasteiger partial charge is 0.0579 e. The Morgan fingerprint density at radius 1 is 0.947 bits per heavy atom. The van der Waals surface area contributed by atoms with Crippen molar-refractivity contribution in [1.29, 1.82) is 0 Å². The van der Waals surface area contributed by atoms with Gasteiger partial charge in [-0.2, -0.15) is 0 Å². The highest BCUT2D eigenvalue weighted by Gasteiger charge is 2.20. The maximum Gasteiger partial charge on any atom is 0.0579 e. The maximum absolute atomic E-state index is 3.61. The Bertz CT molecular complexity index is 513. The summed E-state index contributed by atoms with van der Waals surface area (Å²) >= 11 is 0. The summed E-state index contributed by atoms with van der Waals surface area (Å²) in [5, 5.41) is 3.61. The van der Waals surface area contributed by atoms with Gasteiger partial charge < -0.3 is 5.32 Å². The van der Waals surface area contributed by atoms with Crippen molar-refractivity contribution in [1.82, 2.24) is 5.32 Å². The Kier molecular flexibility index (Phi) is 4.75. The van der Waals surface area contributed by atoms with E-state index in [1.54, 1.807) is 0 Å². The molecule has 1 nitrogen and oxygen atoms in total. The van der Waals surface area contributed by atoms with Gasteiger partial charge in [0.05, 0.1) is 6.04 Å². The van der Waals surface area contributed by atoms with Crippen molar-refractivity contribution in [2.45, 2.75) is 33.2 Å². The van der Waals surface area contributed by atoms with E-state index in [9.17, 15) is 0 Å². The van der Waals surface area contributed by atoms with E-state index in [4.69, 9.17) is 0 Å². The zero-order chi connectivity index (χ0) is 13.7. The molecule has 1 heterocycles. The van der Waals surface area contributed by atoms with Crippen LogP contribution in [-0.4, -0.2) is 6.54 Å². The van der Waals surface area contributed by atoms with Crippen LogP contribution in [0.4, 0.5) is 0 Å². The second kappa shape index (κ2) is 6.53. The van der Waals surface area contributed by atoms with Gasteiger partial charge in [0.25, 0.3) is 0 Å². The highest BCUT2D eigenvalue weighted by Crippen LogP contribution is 2.28. The van der Waals surface area contributed by atoms with Gasteiger partial charge in [0.15, 0.2) is 0 Å².